The van der Waals surface area contributed by atoms with Crippen LogP contribution in [-0.2, 0) is 4.79 Å². The van der Waals surface area contributed by atoms with Gasteiger partial charge in [-0.3, -0.25) is 14.5 Å². The molecule has 1 saturated heterocycles. The molecule has 3 N–H and O–H groups in total. The van der Waals surface area contributed by atoms with Crippen molar-refractivity contribution in [2.24, 2.45) is 5.73 Å². The monoisotopic (exact) mass is 297 g/mol. The van der Waals surface area contributed by atoms with Crippen molar-refractivity contribution in [3.8, 4) is 0 Å². The van der Waals surface area contributed by atoms with Gasteiger partial charge in [0.25, 0.3) is 5.91 Å². The Morgan fingerprint density at radius 2 is 1.95 bits per heavy atom. The van der Waals surface area contributed by atoms with E-state index in [0.29, 0.717) is 25.9 Å². The second-order valence-corrected chi connectivity index (χ2v) is 5.11. The highest BCUT2D eigenvalue weighted by molar-refractivity contribution is 5.94. The van der Waals surface area contributed by atoms with Gasteiger partial charge < -0.3 is 11.1 Å². The van der Waals surface area contributed by atoms with Crippen LogP contribution in [0.25, 0.3) is 0 Å². The number of primary amides is 1. The summed E-state index contributed by atoms with van der Waals surface area (Å²) in [5.74, 6) is -2.42. The molecule has 0 unspecified atom stereocenters. The fourth-order valence-corrected chi connectivity index (χ4v) is 2.39. The fourth-order valence-electron chi connectivity index (χ4n) is 2.39. The van der Waals surface area contributed by atoms with E-state index in [1.54, 1.807) is 0 Å². The summed E-state index contributed by atoms with van der Waals surface area (Å²) in [7, 11) is 0. The number of piperidine rings is 1. The number of nitrogens with two attached hydrogens (primary N) is 1. The van der Waals surface area contributed by atoms with E-state index in [-0.39, 0.29) is 24.1 Å². The summed E-state index contributed by atoms with van der Waals surface area (Å²) < 4.78 is 26.6. The third-order valence-electron chi connectivity index (χ3n) is 3.48. The molecule has 7 heteroatoms. The number of benzene rings is 1. The van der Waals surface area contributed by atoms with Gasteiger partial charge in [-0.25, -0.2) is 8.78 Å². The first-order valence-electron chi connectivity index (χ1n) is 6.72. The number of carbonyl (C=O) groups excluding carboxylic acids is 2. The summed E-state index contributed by atoms with van der Waals surface area (Å²) in [5.41, 5.74) is 4.82. The number of halogens is 2. The predicted octanol–water partition coefficient (Wildman–Crippen LogP) is 0.644. The lowest BCUT2D eigenvalue weighted by molar-refractivity contribution is -0.119. The Balaban J connectivity index is 1.90. The van der Waals surface area contributed by atoms with E-state index in [0.717, 1.165) is 18.2 Å². The zero-order valence-corrected chi connectivity index (χ0v) is 11.4. The molecule has 0 atom stereocenters. The summed E-state index contributed by atoms with van der Waals surface area (Å²) in [6.07, 6.45) is 1.27. The van der Waals surface area contributed by atoms with Crippen molar-refractivity contribution in [2.45, 2.75) is 18.9 Å². The van der Waals surface area contributed by atoms with Crippen molar-refractivity contribution >= 4 is 11.8 Å². The van der Waals surface area contributed by atoms with E-state index in [1.807, 2.05) is 4.90 Å². The van der Waals surface area contributed by atoms with Crippen molar-refractivity contribution in [1.82, 2.24) is 10.2 Å². The Labute approximate surface area is 121 Å². The lowest BCUT2D eigenvalue weighted by Crippen LogP contribution is -2.46. The molecule has 2 rings (SSSR count). The van der Waals surface area contributed by atoms with E-state index in [4.69, 9.17) is 5.73 Å². The minimum atomic E-state index is -0.750. The van der Waals surface area contributed by atoms with Gasteiger partial charge in [-0.2, -0.15) is 0 Å². The molecule has 0 aromatic heterocycles. The molecular weight excluding hydrogens is 280 g/mol. The van der Waals surface area contributed by atoms with E-state index in [9.17, 15) is 18.4 Å². The van der Waals surface area contributed by atoms with Crippen LogP contribution in [0.4, 0.5) is 8.78 Å². The van der Waals surface area contributed by atoms with Crippen LogP contribution < -0.4 is 11.1 Å². The minimum absolute atomic E-state index is 0.121. The van der Waals surface area contributed by atoms with Gasteiger partial charge in [-0.15, -0.1) is 0 Å². The molecule has 0 spiro atoms. The molecule has 1 aromatic carbocycles. The lowest BCUT2D eigenvalue weighted by atomic mass is 10.0. The average molecular weight is 297 g/mol. The van der Waals surface area contributed by atoms with E-state index in [1.165, 1.54) is 0 Å². The largest absolute Gasteiger partial charge is 0.369 e. The minimum Gasteiger partial charge on any atom is -0.369 e. The summed E-state index contributed by atoms with van der Waals surface area (Å²) >= 11 is 0. The normalized spacial score (nSPS) is 16.7. The lowest BCUT2D eigenvalue weighted by Gasteiger charge is -2.31. The molecule has 114 valence electrons. The molecule has 0 aliphatic carbocycles. The average Bonchev–Trinajstić information content (AvgIpc) is 2.43. The first-order chi connectivity index (χ1) is 9.95. The van der Waals surface area contributed by atoms with Gasteiger partial charge in [0, 0.05) is 19.1 Å². The highest BCUT2D eigenvalue weighted by Gasteiger charge is 2.23. The summed E-state index contributed by atoms with van der Waals surface area (Å²) in [6.45, 7) is 1.44. The van der Waals surface area contributed by atoms with Gasteiger partial charge in [0.2, 0.25) is 5.91 Å². The maximum Gasteiger partial charge on any atom is 0.254 e. The summed E-state index contributed by atoms with van der Waals surface area (Å²) in [5, 5.41) is 2.69. The number of nitrogens with zero attached hydrogens (tertiary/aromatic N) is 1. The van der Waals surface area contributed by atoms with Gasteiger partial charge in [-0.05, 0) is 31.0 Å². The maximum absolute atomic E-state index is 13.5. The van der Waals surface area contributed by atoms with Gasteiger partial charge in [0.1, 0.15) is 11.6 Å². The molecule has 0 radical (unpaired) electrons. The SMILES string of the molecule is NC(=O)CN1CCC(NC(=O)c2cc(F)ccc2F)CC1. The van der Waals surface area contributed by atoms with Crippen LogP contribution in [-0.4, -0.2) is 42.4 Å². The molecule has 1 aromatic rings. The molecule has 2 amide bonds. The fraction of sp³-hybridized carbons (Fsp3) is 0.429. The highest BCUT2D eigenvalue weighted by Crippen LogP contribution is 2.13. The Morgan fingerprint density at radius 3 is 2.57 bits per heavy atom. The first-order valence-corrected chi connectivity index (χ1v) is 6.72. The Bertz CT molecular complexity index is 543. The first kappa shape index (κ1) is 15.4. The van der Waals surface area contributed by atoms with Crippen LogP contribution in [0, 0.1) is 11.6 Å². The number of rotatable bonds is 4. The highest BCUT2D eigenvalue weighted by atomic mass is 19.1. The summed E-state index contributed by atoms with van der Waals surface area (Å²) in [6, 6.07) is 2.66. The Hall–Kier alpha value is -2.02. The van der Waals surface area contributed by atoms with E-state index >= 15 is 0 Å². The topological polar surface area (TPSA) is 75.4 Å². The quantitative estimate of drug-likeness (QED) is 0.856. The van der Waals surface area contributed by atoms with Crippen molar-refractivity contribution < 1.29 is 18.4 Å². The van der Waals surface area contributed by atoms with Crippen molar-refractivity contribution in [3.05, 3.63) is 35.4 Å². The summed E-state index contributed by atoms with van der Waals surface area (Å²) in [4.78, 5) is 24.7. The smallest absolute Gasteiger partial charge is 0.254 e. The predicted molar refractivity (Wildman–Crippen MR) is 72.5 cm³/mol. The standard InChI is InChI=1S/C14H17F2N3O2/c15-9-1-2-12(16)11(7-9)14(21)18-10-3-5-19(6-4-10)8-13(17)20/h1-2,7,10H,3-6,8H2,(H2,17,20)(H,18,21). The Kier molecular flexibility index (Phi) is 4.85. The van der Waals surface area contributed by atoms with Crippen LogP contribution >= 0.6 is 0 Å². The zero-order valence-electron chi connectivity index (χ0n) is 11.4. The number of nitrogens with one attached hydrogen (secondary N) is 1. The molecule has 1 aliphatic heterocycles. The van der Waals surface area contributed by atoms with Crippen LogP contribution in [0.1, 0.15) is 23.2 Å². The molecule has 21 heavy (non-hydrogen) atoms. The van der Waals surface area contributed by atoms with Crippen molar-refractivity contribution in [3.63, 3.8) is 0 Å². The second-order valence-electron chi connectivity index (χ2n) is 5.11. The Morgan fingerprint density at radius 1 is 1.29 bits per heavy atom. The number of hydrogen-bond acceptors (Lipinski definition) is 3. The second kappa shape index (κ2) is 6.62. The van der Waals surface area contributed by atoms with Crippen LogP contribution in [0.3, 0.4) is 0 Å². The zero-order chi connectivity index (χ0) is 15.4. The number of carbonyl (C=O) groups is 2. The van der Waals surface area contributed by atoms with Crippen LogP contribution in [0.2, 0.25) is 0 Å². The van der Waals surface area contributed by atoms with Gasteiger partial charge in [0.15, 0.2) is 0 Å². The van der Waals surface area contributed by atoms with Crippen molar-refractivity contribution in [2.75, 3.05) is 19.6 Å². The third-order valence-corrected chi connectivity index (χ3v) is 3.48. The third kappa shape index (κ3) is 4.22. The van der Waals surface area contributed by atoms with Crippen molar-refractivity contribution in [1.29, 1.82) is 0 Å². The van der Waals surface area contributed by atoms with E-state index < -0.39 is 17.5 Å². The molecule has 0 saturated carbocycles. The number of likely N-dealkylation sites (tertiary alicyclic amines) is 1. The number of amides is 2. The molecule has 5 nitrogen and oxygen atoms in total. The van der Waals surface area contributed by atoms with Gasteiger partial charge >= 0.3 is 0 Å². The molecule has 1 heterocycles. The number of hydrogen-bond donors (Lipinski definition) is 2. The molecular formula is C14H17F2N3O2. The van der Waals surface area contributed by atoms with Crippen LogP contribution in [0.5, 0.6) is 0 Å². The van der Waals surface area contributed by atoms with E-state index in [2.05, 4.69) is 5.32 Å². The van der Waals surface area contributed by atoms with Gasteiger partial charge in [0.05, 0.1) is 12.1 Å². The van der Waals surface area contributed by atoms with Crippen LogP contribution in [0.15, 0.2) is 18.2 Å². The van der Waals surface area contributed by atoms with Gasteiger partial charge in [-0.1, -0.05) is 0 Å². The maximum atomic E-state index is 13.5. The molecule has 1 fully saturated rings. The molecule has 0 bridgehead atoms. The molecule has 1 aliphatic rings.